The van der Waals surface area contributed by atoms with Crippen molar-refractivity contribution in [2.45, 2.75) is 18.9 Å². The Morgan fingerprint density at radius 1 is 1.03 bits per heavy atom. The predicted molar refractivity (Wildman–Crippen MR) is 108 cm³/mol. The molecule has 7 nitrogen and oxygen atoms in total. The maximum absolute atomic E-state index is 13.1. The maximum atomic E-state index is 13.1. The first-order chi connectivity index (χ1) is 14.5. The minimum Gasteiger partial charge on any atom is -0.504 e. The summed E-state index contributed by atoms with van der Waals surface area (Å²) in [5, 5.41) is 17.4. The van der Waals surface area contributed by atoms with Crippen LogP contribution in [0.4, 0.5) is 4.39 Å². The first-order valence-corrected chi connectivity index (χ1v) is 9.71. The van der Waals surface area contributed by atoms with Crippen molar-refractivity contribution in [2.75, 3.05) is 13.1 Å². The van der Waals surface area contributed by atoms with Gasteiger partial charge in [0.15, 0.2) is 11.4 Å². The third kappa shape index (κ3) is 4.17. The van der Waals surface area contributed by atoms with Crippen LogP contribution in [0.3, 0.4) is 0 Å². The summed E-state index contributed by atoms with van der Waals surface area (Å²) < 4.78 is 14.4. The number of carbonyl (C=O) groups excluding carboxylic acids is 2. The molecule has 0 atom stereocenters. The molecule has 2 heterocycles. The normalized spacial score (nSPS) is 14.5. The molecule has 8 heteroatoms. The zero-order chi connectivity index (χ0) is 21.1. The number of aromatic hydroxyl groups is 1. The highest BCUT2D eigenvalue weighted by molar-refractivity contribution is 5.95. The van der Waals surface area contributed by atoms with Gasteiger partial charge in [-0.2, -0.15) is 5.10 Å². The highest BCUT2D eigenvalue weighted by Gasteiger charge is 2.28. The Morgan fingerprint density at radius 3 is 2.37 bits per heavy atom. The number of nitrogens with zero attached hydrogens (tertiary/aromatic N) is 3. The number of likely N-dealkylation sites (tertiary alicyclic amines) is 1. The Labute approximate surface area is 172 Å². The van der Waals surface area contributed by atoms with Crippen LogP contribution in [-0.2, 0) is 0 Å². The standard InChI is InChI=1S/C22H21FN4O3/c23-16-6-8-18(9-7-16)27-14-19(28)20(25-27)22(30)26-12-10-17(11-13-26)24-21(29)15-4-2-1-3-5-15/h1-9,14,17,28H,10-13H2,(H,24,29). The minimum absolute atomic E-state index is 0.0212. The van der Waals surface area contributed by atoms with E-state index >= 15 is 0 Å². The van der Waals surface area contributed by atoms with Gasteiger partial charge in [-0.15, -0.1) is 0 Å². The second-order valence-electron chi connectivity index (χ2n) is 7.19. The summed E-state index contributed by atoms with van der Waals surface area (Å²) in [6.45, 7) is 0.892. The van der Waals surface area contributed by atoms with Crippen molar-refractivity contribution in [3.63, 3.8) is 0 Å². The van der Waals surface area contributed by atoms with E-state index in [1.54, 1.807) is 17.0 Å². The second-order valence-corrected chi connectivity index (χ2v) is 7.19. The summed E-state index contributed by atoms with van der Waals surface area (Å²) >= 11 is 0. The average molecular weight is 408 g/mol. The van der Waals surface area contributed by atoms with Crippen LogP contribution < -0.4 is 5.32 Å². The number of rotatable bonds is 4. The third-order valence-corrected chi connectivity index (χ3v) is 5.14. The highest BCUT2D eigenvalue weighted by atomic mass is 19.1. The minimum atomic E-state index is -0.381. The van der Waals surface area contributed by atoms with Gasteiger partial charge >= 0.3 is 0 Å². The SMILES string of the molecule is O=C(NC1CCN(C(=O)c2nn(-c3ccc(F)cc3)cc2O)CC1)c1ccccc1. The van der Waals surface area contributed by atoms with E-state index < -0.39 is 0 Å². The lowest BCUT2D eigenvalue weighted by Gasteiger charge is -2.32. The lowest BCUT2D eigenvalue weighted by molar-refractivity contribution is 0.0689. The summed E-state index contributed by atoms with van der Waals surface area (Å²) in [5.74, 6) is -1.12. The molecule has 2 N–H and O–H groups in total. The van der Waals surface area contributed by atoms with E-state index in [2.05, 4.69) is 10.4 Å². The highest BCUT2D eigenvalue weighted by Crippen LogP contribution is 2.22. The van der Waals surface area contributed by atoms with Gasteiger partial charge in [-0.3, -0.25) is 9.59 Å². The summed E-state index contributed by atoms with van der Waals surface area (Å²) in [5.41, 5.74) is 1.09. The number of amides is 2. The molecule has 1 fully saturated rings. The van der Waals surface area contributed by atoms with Crippen LogP contribution in [0.5, 0.6) is 5.75 Å². The van der Waals surface area contributed by atoms with Crippen molar-refractivity contribution in [3.05, 3.63) is 77.9 Å². The molecule has 4 rings (SSSR count). The van der Waals surface area contributed by atoms with Crippen LogP contribution in [0.25, 0.3) is 5.69 Å². The molecule has 154 valence electrons. The lowest BCUT2D eigenvalue weighted by Crippen LogP contribution is -2.46. The van der Waals surface area contributed by atoms with E-state index in [0.29, 0.717) is 37.2 Å². The number of nitrogens with one attached hydrogen (secondary N) is 1. The number of piperidine rings is 1. The van der Waals surface area contributed by atoms with Gasteiger partial charge in [0.05, 0.1) is 11.9 Å². The van der Waals surface area contributed by atoms with Crippen molar-refractivity contribution >= 4 is 11.8 Å². The first kappa shape index (κ1) is 19.6. The number of benzene rings is 2. The molecule has 2 amide bonds. The predicted octanol–water partition coefficient (Wildman–Crippen LogP) is 2.75. The van der Waals surface area contributed by atoms with E-state index in [4.69, 9.17) is 0 Å². The van der Waals surface area contributed by atoms with Crippen LogP contribution in [-0.4, -0.2) is 50.7 Å². The Kier molecular flexibility index (Phi) is 5.47. The molecule has 1 saturated heterocycles. The quantitative estimate of drug-likeness (QED) is 0.695. The van der Waals surface area contributed by atoms with E-state index in [1.807, 2.05) is 18.2 Å². The van der Waals surface area contributed by atoms with Crippen molar-refractivity contribution < 1.29 is 19.1 Å². The largest absolute Gasteiger partial charge is 0.504 e. The second kappa shape index (κ2) is 8.36. The van der Waals surface area contributed by atoms with Gasteiger partial charge in [0.2, 0.25) is 0 Å². The van der Waals surface area contributed by atoms with Gasteiger partial charge in [0, 0.05) is 24.7 Å². The summed E-state index contributed by atoms with van der Waals surface area (Å²) in [6, 6.07) is 14.6. The first-order valence-electron chi connectivity index (χ1n) is 9.71. The molecule has 1 aliphatic heterocycles. The van der Waals surface area contributed by atoms with Gasteiger partial charge < -0.3 is 15.3 Å². The fourth-order valence-electron chi connectivity index (χ4n) is 3.48. The number of aromatic nitrogens is 2. The van der Waals surface area contributed by atoms with Gasteiger partial charge in [-0.1, -0.05) is 18.2 Å². The van der Waals surface area contributed by atoms with Crippen LogP contribution in [0, 0.1) is 5.82 Å². The van der Waals surface area contributed by atoms with Crippen LogP contribution in [0.15, 0.2) is 60.8 Å². The monoisotopic (exact) mass is 408 g/mol. The molecule has 0 radical (unpaired) electrons. The van der Waals surface area contributed by atoms with E-state index in [-0.39, 0.29) is 35.1 Å². The number of hydrogen-bond donors (Lipinski definition) is 2. The van der Waals surface area contributed by atoms with Crippen LogP contribution >= 0.6 is 0 Å². The molecule has 0 unspecified atom stereocenters. The third-order valence-electron chi connectivity index (χ3n) is 5.14. The molecular formula is C22H21FN4O3. The molecule has 3 aromatic rings. The molecule has 0 spiro atoms. The van der Waals surface area contributed by atoms with E-state index in [0.717, 1.165) is 0 Å². The van der Waals surface area contributed by atoms with Crippen molar-refractivity contribution in [1.82, 2.24) is 20.0 Å². The molecule has 1 aromatic heterocycles. The molecular weight excluding hydrogens is 387 g/mol. The van der Waals surface area contributed by atoms with Crippen molar-refractivity contribution in [2.24, 2.45) is 0 Å². The topological polar surface area (TPSA) is 87.5 Å². The summed E-state index contributed by atoms with van der Waals surface area (Å²) in [4.78, 5) is 26.7. The van der Waals surface area contributed by atoms with Gasteiger partial charge in [0.25, 0.3) is 11.8 Å². The Morgan fingerprint density at radius 2 is 1.70 bits per heavy atom. The fraction of sp³-hybridized carbons (Fsp3) is 0.227. The number of carbonyl (C=O) groups is 2. The van der Waals surface area contributed by atoms with E-state index in [9.17, 15) is 19.1 Å². The van der Waals surface area contributed by atoms with Crippen LogP contribution in [0.2, 0.25) is 0 Å². The van der Waals surface area contributed by atoms with Gasteiger partial charge in [0.1, 0.15) is 5.82 Å². The summed E-state index contributed by atoms with van der Waals surface area (Å²) in [6.07, 6.45) is 2.56. The average Bonchev–Trinajstić information content (AvgIpc) is 3.16. The zero-order valence-corrected chi connectivity index (χ0v) is 16.2. The van der Waals surface area contributed by atoms with Gasteiger partial charge in [-0.05, 0) is 49.2 Å². The molecule has 1 aliphatic rings. The Bertz CT molecular complexity index is 1040. The van der Waals surface area contributed by atoms with E-state index in [1.165, 1.54) is 35.1 Å². The molecule has 0 aliphatic carbocycles. The molecule has 0 bridgehead atoms. The molecule has 2 aromatic carbocycles. The smallest absolute Gasteiger partial charge is 0.278 e. The number of halogens is 1. The van der Waals surface area contributed by atoms with Crippen molar-refractivity contribution in [3.8, 4) is 11.4 Å². The number of hydrogen-bond acceptors (Lipinski definition) is 4. The van der Waals surface area contributed by atoms with Crippen LogP contribution in [0.1, 0.15) is 33.7 Å². The fourth-order valence-corrected chi connectivity index (χ4v) is 3.48. The van der Waals surface area contributed by atoms with Gasteiger partial charge in [-0.25, -0.2) is 9.07 Å². The maximum Gasteiger partial charge on any atom is 0.278 e. The summed E-state index contributed by atoms with van der Waals surface area (Å²) in [7, 11) is 0. The Balaban J connectivity index is 1.37. The zero-order valence-electron chi connectivity index (χ0n) is 16.2. The Hall–Kier alpha value is -3.68. The molecule has 0 saturated carbocycles. The van der Waals surface area contributed by atoms with Crippen molar-refractivity contribution in [1.29, 1.82) is 0 Å². The molecule has 30 heavy (non-hydrogen) atoms. The lowest BCUT2D eigenvalue weighted by atomic mass is 10.0.